The third-order valence-corrected chi connectivity index (χ3v) is 7.18. The first-order chi connectivity index (χ1) is 15.9. The summed E-state index contributed by atoms with van der Waals surface area (Å²) < 4.78 is 2.98. The third-order valence-electron chi connectivity index (χ3n) is 5.11. The van der Waals surface area contributed by atoms with E-state index < -0.39 is 0 Å². The van der Waals surface area contributed by atoms with Crippen molar-refractivity contribution in [3.05, 3.63) is 87.4 Å². The van der Waals surface area contributed by atoms with Crippen molar-refractivity contribution in [2.45, 2.75) is 25.4 Å². The van der Waals surface area contributed by atoms with Crippen LogP contribution in [0.4, 0.5) is 5.69 Å². The highest BCUT2D eigenvalue weighted by Crippen LogP contribution is 2.29. The Labute approximate surface area is 210 Å². The normalized spacial score (nSPS) is 10.9. The molecule has 1 heterocycles. The van der Waals surface area contributed by atoms with Crippen molar-refractivity contribution in [1.82, 2.24) is 14.8 Å². The maximum Gasteiger partial charge on any atom is 0.234 e. The number of thioether (sulfide) groups is 1. The van der Waals surface area contributed by atoms with Gasteiger partial charge in [-0.3, -0.25) is 9.36 Å². The van der Waals surface area contributed by atoms with Crippen LogP contribution in [0, 0.1) is 6.92 Å². The number of halogens is 2. The number of nitrogens with zero attached hydrogens (tertiary/aromatic N) is 3. The number of benzene rings is 3. The average molecular weight is 542 g/mol. The van der Waals surface area contributed by atoms with E-state index in [4.69, 9.17) is 11.6 Å². The molecule has 168 valence electrons. The molecule has 0 atom stereocenters. The molecule has 0 unspecified atom stereocenters. The molecule has 0 spiro atoms. The summed E-state index contributed by atoms with van der Waals surface area (Å²) in [5.74, 6) is 0.800. The number of hydrogen-bond acceptors (Lipinski definition) is 4. The Morgan fingerprint density at radius 1 is 1.06 bits per heavy atom. The van der Waals surface area contributed by atoms with E-state index in [1.54, 1.807) is 0 Å². The van der Waals surface area contributed by atoms with Crippen LogP contribution in [0.5, 0.6) is 0 Å². The van der Waals surface area contributed by atoms with Crippen molar-refractivity contribution in [1.29, 1.82) is 0 Å². The van der Waals surface area contributed by atoms with E-state index in [9.17, 15) is 4.79 Å². The summed E-state index contributed by atoms with van der Waals surface area (Å²) in [7, 11) is 0. The molecule has 0 saturated heterocycles. The van der Waals surface area contributed by atoms with Crippen LogP contribution in [0.1, 0.15) is 18.1 Å². The zero-order valence-electron chi connectivity index (χ0n) is 18.2. The van der Waals surface area contributed by atoms with Crippen LogP contribution in [0.2, 0.25) is 5.02 Å². The molecule has 0 saturated carbocycles. The molecule has 0 fully saturated rings. The Balaban J connectivity index is 1.59. The molecule has 0 aliphatic carbocycles. The molecule has 33 heavy (non-hydrogen) atoms. The minimum atomic E-state index is -0.106. The molecule has 5 nitrogen and oxygen atoms in total. The van der Waals surface area contributed by atoms with Gasteiger partial charge in [-0.1, -0.05) is 58.3 Å². The quantitative estimate of drug-likeness (QED) is 0.257. The highest BCUT2D eigenvalue weighted by atomic mass is 79.9. The van der Waals surface area contributed by atoms with E-state index in [1.165, 1.54) is 17.3 Å². The zero-order valence-corrected chi connectivity index (χ0v) is 21.3. The SMILES string of the molecule is CCc1ccc(-n2c(SCC(=O)Nc3ccc(Br)c(C)c3)nnc2-c2ccc(Cl)cc2)cc1. The van der Waals surface area contributed by atoms with E-state index in [1.807, 2.05) is 54.0 Å². The fraction of sp³-hybridized carbons (Fsp3) is 0.160. The van der Waals surface area contributed by atoms with Gasteiger partial charge in [0.1, 0.15) is 0 Å². The second kappa shape index (κ2) is 10.5. The lowest BCUT2D eigenvalue weighted by molar-refractivity contribution is -0.113. The molecule has 1 N–H and O–H groups in total. The second-order valence-corrected chi connectivity index (χ2v) is 9.70. The van der Waals surface area contributed by atoms with Gasteiger partial charge in [-0.2, -0.15) is 0 Å². The third kappa shape index (κ3) is 5.66. The number of carbonyl (C=O) groups is 1. The van der Waals surface area contributed by atoms with Gasteiger partial charge >= 0.3 is 0 Å². The number of anilines is 1. The van der Waals surface area contributed by atoms with Gasteiger partial charge in [0.15, 0.2) is 11.0 Å². The molecule has 0 aliphatic rings. The lowest BCUT2D eigenvalue weighted by atomic mass is 10.1. The first-order valence-electron chi connectivity index (χ1n) is 10.4. The summed E-state index contributed by atoms with van der Waals surface area (Å²) in [5, 5.41) is 13.1. The number of aromatic nitrogens is 3. The molecule has 4 aromatic rings. The van der Waals surface area contributed by atoms with Crippen molar-refractivity contribution in [3.8, 4) is 17.1 Å². The monoisotopic (exact) mass is 540 g/mol. The minimum absolute atomic E-state index is 0.106. The second-order valence-electron chi connectivity index (χ2n) is 7.47. The maximum absolute atomic E-state index is 12.6. The standard InChI is InChI=1S/C25H22BrClN4OS/c1-3-17-4-11-21(12-5-17)31-24(18-6-8-19(27)9-7-18)29-30-25(31)33-15-23(32)28-20-10-13-22(26)16(2)14-20/h4-14H,3,15H2,1-2H3,(H,28,32). The van der Waals surface area contributed by atoms with E-state index in [-0.39, 0.29) is 11.7 Å². The van der Waals surface area contributed by atoms with Gasteiger partial charge in [0, 0.05) is 26.4 Å². The van der Waals surface area contributed by atoms with Gasteiger partial charge in [0.05, 0.1) is 5.75 Å². The lowest BCUT2D eigenvalue weighted by Crippen LogP contribution is -2.14. The molecule has 0 bridgehead atoms. The Morgan fingerprint density at radius 3 is 2.45 bits per heavy atom. The van der Waals surface area contributed by atoms with Crippen LogP contribution in [0.25, 0.3) is 17.1 Å². The van der Waals surface area contributed by atoms with Crippen LogP contribution in [-0.2, 0) is 11.2 Å². The topological polar surface area (TPSA) is 59.8 Å². The van der Waals surface area contributed by atoms with Gasteiger partial charge in [-0.15, -0.1) is 10.2 Å². The summed E-state index contributed by atoms with van der Waals surface area (Å²) in [6, 6.07) is 21.5. The minimum Gasteiger partial charge on any atom is -0.325 e. The number of nitrogens with one attached hydrogen (secondary N) is 1. The number of rotatable bonds is 7. The van der Waals surface area contributed by atoms with Gasteiger partial charge < -0.3 is 5.32 Å². The van der Waals surface area contributed by atoms with Crippen LogP contribution in [0.3, 0.4) is 0 Å². The highest BCUT2D eigenvalue weighted by Gasteiger charge is 2.17. The molecule has 1 aromatic heterocycles. The van der Waals surface area contributed by atoms with Crippen molar-refractivity contribution in [3.63, 3.8) is 0 Å². The molecule has 3 aromatic carbocycles. The van der Waals surface area contributed by atoms with Crippen LogP contribution in [-0.4, -0.2) is 26.4 Å². The van der Waals surface area contributed by atoms with E-state index >= 15 is 0 Å². The van der Waals surface area contributed by atoms with Crippen molar-refractivity contribution in [2.24, 2.45) is 0 Å². The summed E-state index contributed by atoms with van der Waals surface area (Å²) in [6.07, 6.45) is 0.962. The summed E-state index contributed by atoms with van der Waals surface area (Å²) >= 11 is 10.9. The predicted octanol–water partition coefficient (Wildman–Crippen LogP) is 6.95. The van der Waals surface area contributed by atoms with Crippen LogP contribution < -0.4 is 5.32 Å². The predicted molar refractivity (Wildman–Crippen MR) is 139 cm³/mol. The van der Waals surface area contributed by atoms with E-state index in [2.05, 4.69) is 62.6 Å². The van der Waals surface area contributed by atoms with Gasteiger partial charge in [0.25, 0.3) is 0 Å². The van der Waals surface area contributed by atoms with E-state index in [0.29, 0.717) is 16.0 Å². The molecular formula is C25H22BrClN4OS. The van der Waals surface area contributed by atoms with Crippen LogP contribution >= 0.6 is 39.3 Å². The molecule has 8 heteroatoms. The average Bonchev–Trinajstić information content (AvgIpc) is 3.24. The van der Waals surface area contributed by atoms with Gasteiger partial charge in [0.2, 0.25) is 5.91 Å². The highest BCUT2D eigenvalue weighted by molar-refractivity contribution is 9.10. The van der Waals surface area contributed by atoms with Crippen LogP contribution in [0.15, 0.2) is 76.4 Å². The van der Waals surface area contributed by atoms with Gasteiger partial charge in [-0.25, -0.2) is 0 Å². The Kier molecular flexibility index (Phi) is 7.53. The Hall–Kier alpha value is -2.61. The Morgan fingerprint density at radius 2 is 1.79 bits per heavy atom. The molecule has 0 radical (unpaired) electrons. The first kappa shape index (κ1) is 23.5. The van der Waals surface area contributed by atoms with Crippen molar-refractivity contribution >= 4 is 50.9 Å². The summed E-state index contributed by atoms with van der Waals surface area (Å²) in [4.78, 5) is 12.6. The smallest absolute Gasteiger partial charge is 0.234 e. The summed E-state index contributed by atoms with van der Waals surface area (Å²) in [6.45, 7) is 4.11. The zero-order chi connectivity index (χ0) is 23.4. The lowest BCUT2D eigenvalue weighted by Gasteiger charge is -2.11. The number of amides is 1. The largest absolute Gasteiger partial charge is 0.325 e. The fourth-order valence-corrected chi connectivity index (χ4v) is 4.44. The summed E-state index contributed by atoms with van der Waals surface area (Å²) in [5.41, 5.74) is 4.91. The fourth-order valence-electron chi connectivity index (χ4n) is 3.31. The van der Waals surface area contributed by atoms with E-state index in [0.717, 1.165) is 33.4 Å². The molecular weight excluding hydrogens is 520 g/mol. The number of carbonyl (C=O) groups excluding carboxylic acids is 1. The number of aryl methyl sites for hydroxylation is 2. The first-order valence-corrected chi connectivity index (χ1v) is 12.6. The van der Waals surface area contributed by atoms with Crippen molar-refractivity contribution < 1.29 is 4.79 Å². The molecule has 4 rings (SSSR count). The van der Waals surface area contributed by atoms with Gasteiger partial charge in [-0.05, 0) is 79.1 Å². The molecule has 1 amide bonds. The molecule has 0 aliphatic heterocycles. The number of hydrogen-bond donors (Lipinski definition) is 1. The van der Waals surface area contributed by atoms with Crippen molar-refractivity contribution in [2.75, 3.05) is 11.1 Å². The Bertz CT molecular complexity index is 1270. The maximum atomic E-state index is 12.6.